The molecule has 3 rings (SSSR count). The number of aliphatic hydroxyl groups is 1. The van der Waals surface area contributed by atoms with Crippen molar-refractivity contribution in [3.63, 3.8) is 0 Å². The fourth-order valence-corrected chi connectivity index (χ4v) is 2.72. The standard InChI is InChI=1S/C19H15NO5/c1-12-18(19(22)14-7-3-5-9-17(14)25-12)16(21)11-10-13-6-2-4-8-15(13)20(23)24/h2-12,22H,1H3/b11-10+. The van der Waals surface area contributed by atoms with Crippen LogP contribution in [0.2, 0.25) is 0 Å². The van der Waals surface area contributed by atoms with Crippen molar-refractivity contribution < 1.29 is 19.6 Å². The lowest BCUT2D eigenvalue weighted by Crippen LogP contribution is -2.25. The minimum absolute atomic E-state index is 0.0944. The summed E-state index contributed by atoms with van der Waals surface area (Å²) in [6.45, 7) is 1.66. The zero-order valence-corrected chi connectivity index (χ0v) is 13.4. The largest absolute Gasteiger partial charge is 0.507 e. The summed E-state index contributed by atoms with van der Waals surface area (Å²) in [5, 5.41) is 21.5. The molecule has 0 saturated carbocycles. The number of fused-ring (bicyclic) bond motifs is 1. The fraction of sp³-hybridized carbons (Fsp3) is 0.105. The number of ether oxygens (including phenoxy) is 1. The third-order valence-corrected chi connectivity index (χ3v) is 3.92. The molecule has 1 heterocycles. The van der Waals surface area contributed by atoms with Gasteiger partial charge in [-0.2, -0.15) is 0 Å². The van der Waals surface area contributed by atoms with E-state index in [-0.39, 0.29) is 17.0 Å². The Kier molecular flexibility index (Phi) is 4.35. The van der Waals surface area contributed by atoms with Gasteiger partial charge in [-0.25, -0.2) is 0 Å². The van der Waals surface area contributed by atoms with Crippen molar-refractivity contribution in [3.05, 3.63) is 81.4 Å². The van der Waals surface area contributed by atoms with E-state index in [1.54, 1.807) is 49.4 Å². The van der Waals surface area contributed by atoms with E-state index in [2.05, 4.69) is 0 Å². The van der Waals surface area contributed by atoms with Crippen LogP contribution in [0.25, 0.3) is 11.8 Å². The summed E-state index contributed by atoms with van der Waals surface area (Å²) < 4.78 is 5.67. The maximum Gasteiger partial charge on any atom is 0.276 e. The molecular formula is C19H15NO5. The maximum atomic E-state index is 12.5. The Balaban J connectivity index is 1.95. The van der Waals surface area contributed by atoms with Gasteiger partial charge in [0.1, 0.15) is 17.6 Å². The van der Waals surface area contributed by atoms with Gasteiger partial charge in [-0.3, -0.25) is 14.9 Å². The van der Waals surface area contributed by atoms with E-state index in [4.69, 9.17) is 4.74 Å². The first-order valence-electron chi connectivity index (χ1n) is 7.64. The number of nitrogens with zero attached hydrogens (tertiary/aromatic N) is 1. The summed E-state index contributed by atoms with van der Waals surface area (Å²) in [6, 6.07) is 13.0. The van der Waals surface area contributed by atoms with Gasteiger partial charge in [0.2, 0.25) is 0 Å². The van der Waals surface area contributed by atoms with Crippen LogP contribution in [0.4, 0.5) is 5.69 Å². The van der Waals surface area contributed by atoms with Crippen molar-refractivity contribution in [3.8, 4) is 5.75 Å². The van der Waals surface area contributed by atoms with Gasteiger partial charge in [-0.15, -0.1) is 0 Å². The molecule has 1 aliphatic heterocycles. The van der Waals surface area contributed by atoms with Gasteiger partial charge in [0.25, 0.3) is 5.69 Å². The third kappa shape index (κ3) is 3.14. The Morgan fingerprint density at radius 2 is 1.88 bits per heavy atom. The zero-order valence-electron chi connectivity index (χ0n) is 13.4. The lowest BCUT2D eigenvalue weighted by atomic mass is 9.96. The Morgan fingerprint density at radius 1 is 1.20 bits per heavy atom. The molecule has 1 unspecified atom stereocenters. The average molecular weight is 337 g/mol. The molecule has 1 N–H and O–H groups in total. The Labute approximate surface area is 143 Å². The number of hydrogen-bond acceptors (Lipinski definition) is 5. The summed E-state index contributed by atoms with van der Waals surface area (Å²) in [4.78, 5) is 23.0. The van der Waals surface area contributed by atoms with Gasteiger partial charge in [0.05, 0.1) is 21.6 Å². The number of carbonyl (C=O) groups is 1. The first kappa shape index (κ1) is 16.4. The van der Waals surface area contributed by atoms with E-state index in [1.807, 2.05) is 0 Å². The van der Waals surface area contributed by atoms with Crippen molar-refractivity contribution >= 4 is 23.3 Å². The van der Waals surface area contributed by atoms with Gasteiger partial charge in [-0.1, -0.05) is 24.3 Å². The number of para-hydroxylation sites is 2. The van der Waals surface area contributed by atoms with Crippen LogP contribution in [-0.4, -0.2) is 21.9 Å². The average Bonchev–Trinajstić information content (AvgIpc) is 2.60. The molecular weight excluding hydrogens is 322 g/mol. The van der Waals surface area contributed by atoms with Crippen LogP contribution in [0.15, 0.2) is 60.2 Å². The molecule has 0 saturated heterocycles. The van der Waals surface area contributed by atoms with Gasteiger partial charge < -0.3 is 9.84 Å². The van der Waals surface area contributed by atoms with E-state index in [9.17, 15) is 20.0 Å². The highest BCUT2D eigenvalue weighted by molar-refractivity contribution is 6.11. The second-order valence-electron chi connectivity index (χ2n) is 5.53. The summed E-state index contributed by atoms with van der Waals surface area (Å²) in [6.07, 6.45) is 1.95. The number of aliphatic hydroxyl groups excluding tert-OH is 1. The Bertz CT molecular complexity index is 914. The molecule has 2 aromatic carbocycles. The number of benzene rings is 2. The van der Waals surface area contributed by atoms with E-state index in [0.29, 0.717) is 16.9 Å². The first-order chi connectivity index (χ1) is 12.0. The molecule has 0 aliphatic carbocycles. The Morgan fingerprint density at radius 3 is 2.64 bits per heavy atom. The molecule has 0 fully saturated rings. The van der Waals surface area contributed by atoms with E-state index < -0.39 is 16.8 Å². The van der Waals surface area contributed by atoms with Crippen LogP contribution in [0.1, 0.15) is 18.1 Å². The topological polar surface area (TPSA) is 89.7 Å². The number of hydrogen-bond donors (Lipinski definition) is 1. The number of nitro groups is 1. The minimum atomic E-state index is -0.627. The molecule has 1 atom stereocenters. The third-order valence-electron chi connectivity index (χ3n) is 3.92. The highest BCUT2D eigenvalue weighted by Gasteiger charge is 2.29. The second kappa shape index (κ2) is 6.60. The van der Waals surface area contributed by atoms with Crippen LogP contribution < -0.4 is 4.74 Å². The lowest BCUT2D eigenvalue weighted by Gasteiger charge is -2.25. The second-order valence-corrected chi connectivity index (χ2v) is 5.53. The summed E-state index contributed by atoms with van der Waals surface area (Å²) in [5.41, 5.74) is 0.783. The molecule has 1 aliphatic rings. The molecule has 6 nitrogen and oxygen atoms in total. The van der Waals surface area contributed by atoms with Gasteiger partial charge in [-0.05, 0) is 37.3 Å². The SMILES string of the molecule is CC1Oc2ccccc2C(O)=C1C(=O)/C=C/c1ccccc1[N+](=O)[O-]. The highest BCUT2D eigenvalue weighted by atomic mass is 16.6. The molecule has 0 bridgehead atoms. The van der Waals surface area contributed by atoms with Crippen molar-refractivity contribution in [2.24, 2.45) is 0 Å². The molecule has 0 amide bonds. The van der Waals surface area contributed by atoms with Crippen molar-refractivity contribution in [1.82, 2.24) is 0 Å². The predicted octanol–water partition coefficient (Wildman–Crippen LogP) is 3.93. The van der Waals surface area contributed by atoms with Crippen molar-refractivity contribution in [2.75, 3.05) is 0 Å². The van der Waals surface area contributed by atoms with Crippen molar-refractivity contribution in [1.29, 1.82) is 0 Å². The minimum Gasteiger partial charge on any atom is -0.507 e. The zero-order chi connectivity index (χ0) is 18.0. The van der Waals surface area contributed by atoms with E-state index in [0.717, 1.165) is 0 Å². The number of allylic oxidation sites excluding steroid dienone is 1. The monoisotopic (exact) mass is 337 g/mol. The molecule has 2 aromatic rings. The molecule has 126 valence electrons. The smallest absolute Gasteiger partial charge is 0.276 e. The van der Waals surface area contributed by atoms with E-state index >= 15 is 0 Å². The first-order valence-corrected chi connectivity index (χ1v) is 7.64. The van der Waals surface area contributed by atoms with Crippen LogP contribution in [0.3, 0.4) is 0 Å². The van der Waals surface area contributed by atoms with Gasteiger partial charge in [0, 0.05) is 6.07 Å². The van der Waals surface area contributed by atoms with Gasteiger partial charge >= 0.3 is 0 Å². The number of ketones is 1. The molecule has 25 heavy (non-hydrogen) atoms. The van der Waals surface area contributed by atoms with Crippen LogP contribution in [0.5, 0.6) is 5.75 Å². The Hall–Kier alpha value is -3.41. The molecule has 6 heteroatoms. The number of rotatable bonds is 4. The highest BCUT2D eigenvalue weighted by Crippen LogP contribution is 2.34. The van der Waals surface area contributed by atoms with Crippen molar-refractivity contribution in [2.45, 2.75) is 13.0 Å². The van der Waals surface area contributed by atoms with E-state index in [1.165, 1.54) is 18.2 Å². The summed E-state index contributed by atoms with van der Waals surface area (Å²) in [7, 11) is 0. The quantitative estimate of drug-likeness (QED) is 0.519. The summed E-state index contributed by atoms with van der Waals surface area (Å²) in [5.74, 6) is -0.0871. The number of carbonyl (C=O) groups excluding carboxylic acids is 1. The van der Waals surface area contributed by atoms with Crippen LogP contribution >= 0.6 is 0 Å². The molecule has 0 radical (unpaired) electrons. The van der Waals surface area contributed by atoms with Crippen LogP contribution in [-0.2, 0) is 4.79 Å². The van der Waals surface area contributed by atoms with Gasteiger partial charge in [0.15, 0.2) is 5.78 Å². The molecule has 0 spiro atoms. The number of nitro benzene ring substituents is 1. The van der Waals surface area contributed by atoms with Crippen LogP contribution in [0, 0.1) is 10.1 Å². The predicted molar refractivity (Wildman–Crippen MR) is 93.2 cm³/mol. The normalized spacial score (nSPS) is 16.4. The lowest BCUT2D eigenvalue weighted by molar-refractivity contribution is -0.385. The molecule has 0 aromatic heterocycles. The summed E-state index contributed by atoms with van der Waals surface area (Å²) >= 11 is 0. The fourth-order valence-electron chi connectivity index (χ4n) is 2.72. The maximum absolute atomic E-state index is 12.5.